The molecular weight excluding hydrogens is 314 g/mol. The standard InChI is InChI=1S/C16H15N3O3S/c1-2-9-21-12-5-3-11(4-6-12)13-10-23-16(18-13)19-15(20)14-7-8-17-22-14/h3-8,10H,2,9H2,1H3,(H,18,19,20). The van der Waals surface area contributed by atoms with Gasteiger partial charge in [0, 0.05) is 17.0 Å². The number of hydrogen-bond donors (Lipinski definition) is 1. The largest absolute Gasteiger partial charge is 0.494 e. The van der Waals surface area contributed by atoms with Gasteiger partial charge in [0.25, 0.3) is 5.91 Å². The lowest BCUT2D eigenvalue weighted by atomic mass is 10.2. The Morgan fingerprint density at radius 1 is 1.30 bits per heavy atom. The fourth-order valence-corrected chi connectivity index (χ4v) is 2.61. The van der Waals surface area contributed by atoms with E-state index in [1.807, 2.05) is 29.6 Å². The molecule has 1 N–H and O–H groups in total. The number of ether oxygens (including phenoxy) is 1. The minimum absolute atomic E-state index is 0.152. The molecule has 23 heavy (non-hydrogen) atoms. The van der Waals surface area contributed by atoms with E-state index in [1.54, 1.807) is 0 Å². The molecule has 0 saturated carbocycles. The second kappa shape index (κ2) is 7.06. The number of carbonyl (C=O) groups excluding carboxylic acids is 1. The maximum absolute atomic E-state index is 11.9. The van der Waals surface area contributed by atoms with Gasteiger partial charge in [-0.2, -0.15) is 0 Å². The maximum Gasteiger partial charge on any atom is 0.296 e. The van der Waals surface area contributed by atoms with Gasteiger partial charge in [0.2, 0.25) is 5.76 Å². The third-order valence-electron chi connectivity index (χ3n) is 3.01. The van der Waals surface area contributed by atoms with Crippen LogP contribution in [0.4, 0.5) is 5.13 Å². The SMILES string of the molecule is CCCOc1ccc(-c2csc(NC(=O)c3ccno3)n2)cc1. The van der Waals surface area contributed by atoms with Crippen LogP contribution >= 0.6 is 11.3 Å². The van der Waals surface area contributed by atoms with Crippen LogP contribution in [0.2, 0.25) is 0 Å². The lowest BCUT2D eigenvalue weighted by molar-refractivity contribution is 0.0988. The molecule has 1 amide bonds. The number of nitrogens with one attached hydrogen (secondary N) is 1. The van der Waals surface area contributed by atoms with Crippen molar-refractivity contribution in [2.45, 2.75) is 13.3 Å². The van der Waals surface area contributed by atoms with Gasteiger partial charge in [-0.05, 0) is 30.7 Å². The number of anilines is 1. The molecule has 0 spiro atoms. The molecule has 7 heteroatoms. The molecule has 2 heterocycles. The molecule has 0 unspecified atom stereocenters. The summed E-state index contributed by atoms with van der Waals surface area (Å²) in [6, 6.07) is 9.22. The monoisotopic (exact) mass is 329 g/mol. The number of amides is 1. The van der Waals surface area contributed by atoms with Crippen LogP contribution < -0.4 is 10.1 Å². The Bertz CT molecular complexity index is 766. The molecule has 0 radical (unpaired) electrons. The minimum atomic E-state index is -0.369. The molecule has 2 aromatic heterocycles. The zero-order chi connectivity index (χ0) is 16.1. The number of benzene rings is 1. The zero-order valence-electron chi connectivity index (χ0n) is 12.5. The van der Waals surface area contributed by atoms with Crippen LogP contribution in [0.15, 0.2) is 46.4 Å². The fraction of sp³-hybridized carbons (Fsp3) is 0.188. The Kier molecular flexibility index (Phi) is 4.68. The minimum Gasteiger partial charge on any atom is -0.494 e. The number of nitrogens with zero attached hydrogens (tertiary/aromatic N) is 2. The van der Waals surface area contributed by atoms with E-state index in [0.29, 0.717) is 11.7 Å². The first-order chi connectivity index (χ1) is 11.3. The first-order valence-corrected chi connectivity index (χ1v) is 8.05. The second-order valence-electron chi connectivity index (χ2n) is 4.74. The van der Waals surface area contributed by atoms with E-state index in [4.69, 9.17) is 9.26 Å². The summed E-state index contributed by atoms with van der Waals surface area (Å²) in [5, 5.41) is 8.58. The molecule has 0 aliphatic carbocycles. The van der Waals surface area contributed by atoms with Crippen molar-refractivity contribution >= 4 is 22.4 Å². The molecule has 6 nitrogen and oxygen atoms in total. The molecule has 0 saturated heterocycles. The number of hydrogen-bond acceptors (Lipinski definition) is 6. The molecule has 1 aromatic carbocycles. The van der Waals surface area contributed by atoms with E-state index >= 15 is 0 Å². The molecule has 0 bridgehead atoms. The first kappa shape index (κ1) is 15.2. The quantitative estimate of drug-likeness (QED) is 0.743. The third-order valence-corrected chi connectivity index (χ3v) is 3.77. The molecule has 118 valence electrons. The lowest BCUT2D eigenvalue weighted by Gasteiger charge is -2.04. The molecule has 0 aliphatic heterocycles. The highest BCUT2D eigenvalue weighted by Crippen LogP contribution is 2.26. The average molecular weight is 329 g/mol. The van der Waals surface area contributed by atoms with Crippen LogP contribution in [0.25, 0.3) is 11.3 Å². The van der Waals surface area contributed by atoms with Gasteiger partial charge >= 0.3 is 0 Å². The summed E-state index contributed by atoms with van der Waals surface area (Å²) < 4.78 is 10.4. The fourth-order valence-electron chi connectivity index (χ4n) is 1.90. The Balaban J connectivity index is 1.68. The Labute approximate surface area is 137 Å². The highest BCUT2D eigenvalue weighted by Gasteiger charge is 2.12. The van der Waals surface area contributed by atoms with Crippen LogP contribution in [0.3, 0.4) is 0 Å². The molecule has 3 rings (SSSR count). The van der Waals surface area contributed by atoms with Gasteiger partial charge in [0.1, 0.15) is 5.75 Å². The molecular formula is C16H15N3O3S. The average Bonchev–Trinajstić information content (AvgIpc) is 3.25. The second-order valence-corrected chi connectivity index (χ2v) is 5.60. The zero-order valence-corrected chi connectivity index (χ0v) is 13.3. The van der Waals surface area contributed by atoms with Crippen LogP contribution in [0.1, 0.15) is 23.9 Å². The van der Waals surface area contributed by atoms with Crippen molar-refractivity contribution in [3.63, 3.8) is 0 Å². The third kappa shape index (κ3) is 3.75. The topological polar surface area (TPSA) is 77.2 Å². The molecule has 0 atom stereocenters. The summed E-state index contributed by atoms with van der Waals surface area (Å²) in [4.78, 5) is 16.3. The van der Waals surface area contributed by atoms with Gasteiger partial charge in [0.15, 0.2) is 5.13 Å². The van der Waals surface area contributed by atoms with E-state index < -0.39 is 0 Å². The summed E-state index contributed by atoms with van der Waals surface area (Å²) >= 11 is 1.35. The Morgan fingerprint density at radius 2 is 2.13 bits per heavy atom. The van der Waals surface area contributed by atoms with E-state index in [2.05, 4.69) is 22.4 Å². The number of carbonyl (C=O) groups is 1. The summed E-state index contributed by atoms with van der Waals surface area (Å²) in [7, 11) is 0. The van der Waals surface area contributed by atoms with Crippen molar-refractivity contribution in [3.8, 4) is 17.0 Å². The Hall–Kier alpha value is -2.67. The van der Waals surface area contributed by atoms with Gasteiger partial charge in [-0.3, -0.25) is 10.1 Å². The maximum atomic E-state index is 11.9. The van der Waals surface area contributed by atoms with Crippen molar-refractivity contribution in [3.05, 3.63) is 47.7 Å². The van der Waals surface area contributed by atoms with Crippen LogP contribution in [0.5, 0.6) is 5.75 Å². The lowest BCUT2D eigenvalue weighted by Crippen LogP contribution is -2.10. The van der Waals surface area contributed by atoms with Crippen molar-refractivity contribution in [2.75, 3.05) is 11.9 Å². The normalized spacial score (nSPS) is 10.5. The van der Waals surface area contributed by atoms with Crippen molar-refractivity contribution in [1.29, 1.82) is 0 Å². The predicted molar refractivity (Wildman–Crippen MR) is 87.8 cm³/mol. The predicted octanol–water partition coefficient (Wildman–Crippen LogP) is 3.84. The smallest absolute Gasteiger partial charge is 0.296 e. The summed E-state index contributed by atoms with van der Waals surface area (Å²) in [6.45, 7) is 2.77. The van der Waals surface area contributed by atoms with Crippen LogP contribution in [-0.2, 0) is 0 Å². The molecule has 0 fully saturated rings. The molecule has 0 aliphatic rings. The number of thiazole rings is 1. The first-order valence-electron chi connectivity index (χ1n) is 7.17. The van der Waals surface area contributed by atoms with E-state index in [1.165, 1.54) is 23.6 Å². The molecule has 3 aromatic rings. The summed E-state index contributed by atoms with van der Waals surface area (Å²) in [5.74, 6) is 0.621. The van der Waals surface area contributed by atoms with Gasteiger partial charge < -0.3 is 9.26 Å². The van der Waals surface area contributed by atoms with Gasteiger partial charge in [-0.25, -0.2) is 4.98 Å². The van der Waals surface area contributed by atoms with E-state index in [0.717, 1.165) is 23.4 Å². The van der Waals surface area contributed by atoms with Gasteiger partial charge in [-0.1, -0.05) is 12.1 Å². The highest BCUT2D eigenvalue weighted by atomic mass is 32.1. The Morgan fingerprint density at radius 3 is 2.83 bits per heavy atom. The van der Waals surface area contributed by atoms with E-state index in [-0.39, 0.29) is 11.7 Å². The van der Waals surface area contributed by atoms with Crippen molar-refractivity contribution in [2.24, 2.45) is 0 Å². The number of rotatable bonds is 6. The van der Waals surface area contributed by atoms with Gasteiger partial charge in [0.05, 0.1) is 18.5 Å². The van der Waals surface area contributed by atoms with Crippen LogP contribution in [-0.4, -0.2) is 22.7 Å². The highest BCUT2D eigenvalue weighted by molar-refractivity contribution is 7.14. The van der Waals surface area contributed by atoms with Gasteiger partial charge in [-0.15, -0.1) is 11.3 Å². The number of aromatic nitrogens is 2. The van der Waals surface area contributed by atoms with Crippen molar-refractivity contribution < 1.29 is 14.1 Å². The van der Waals surface area contributed by atoms with Crippen LogP contribution in [0, 0.1) is 0 Å². The summed E-state index contributed by atoms with van der Waals surface area (Å²) in [5.41, 5.74) is 1.76. The van der Waals surface area contributed by atoms with Crippen molar-refractivity contribution in [1.82, 2.24) is 10.1 Å². The van der Waals surface area contributed by atoms with E-state index in [9.17, 15) is 4.79 Å². The summed E-state index contributed by atoms with van der Waals surface area (Å²) in [6.07, 6.45) is 2.40.